The van der Waals surface area contributed by atoms with Crippen LogP contribution in [0, 0.1) is 0 Å². The van der Waals surface area contributed by atoms with Crippen LogP contribution < -0.4 is 0 Å². The molecule has 95 heavy (non-hydrogen) atoms. The summed E-state index contributed by atoms with van der Waals surface area (Å²) >= 11 is 4.76. The molecule has 3 fully saturated rings. The average molecular weight is 1360 g/mol. The molecule has 536 valence electrons. The van der Waals surface area contributed by atoms with Gasteiger partial charge in [0.05, 0.1) is 96.8 Å². The average Bonchev–Trinajstić information content (AvgIpc) is 0.972. The molecule has 0 aliphatic carbocycles. The molecule has 0 bridgehead atoms. The fraction of sp³-hybridized carbons (Fsp3) is 0.769. The number of nitrogens with zero attached hydrogens (tertiary/aromatic N) is 14. The van der Waals surface area contributed by atoms with E-state index in [1.807, 2.05) is 29.4 Å². The molecule has 0 aromatic heterocycles. The molecule has 30 heteroatoms. The molecule has 0 aromatic carbocycles. The van der Waals surface area contributed by atoms with E-state index in [1.165, 1.54) is 48.5 Å². The smallest absolute Gasteiger partial charge is 0.322 e. The Morgan fingerprint density at radius 3 is 0.737 bits per heavy atom. The van der Waals surface area contributed by atoms with E-state index in [2.05, 4.69) is 34.7 Å². The van der Waals surface area contributed by atoms with Crippen LogP contribution in [0.4, 0.5) is 0 Å². The summed E-state index contributed by atoms with van der Waals surface area (Å²) in [6.45, 7) is 32.4. The van der Waals surface area contributed by atoms with Gasteiger partial charge in [0, 0.05) is 150 Å². The molecule has 1 N–H and O–H groups in total. The van der Waals surface area contributed by atoms with E-state index in [0.717, 1.165) is 0 Å². The predicted octanol–water partition coefficient (Wildman–Crippen LogP) is -1.68. The summed E-state index contributed by atoms with van der Waals surface area (Å²) in [6, 6.07) is -1.36. The molecule has 3 heterocycles. The van der Waals surface area contributed by atoms with Crippen LogP contribution in [0.15, 0.2) is 9.98 Å². The van der Waals surface area contributed by atoms with E-state index in [0.29, 0.717) is 157 Å². The molecule has 3 saturated heterocycles. The number of hydrogen-bond donors (Lipinski definition) is 1. The quantitative estimate of drug-likeness (QED) is 0.0497. The first-order chi connectivity index (χ1) is 44.7. The van der Waals surface area contributed by atoms with Crippen LogP contribution in [0.2, 0.25) is 0 Å². The lowest BCUT2D eigenvalue weighted by atomic mass is 10.1. The summed E-state index contributed by atoms with van der Waals surface area (Å²) in [7, 11) is 0. The van der Waals surface area contributed by atoms with Crippen molar-refractivity contribution in [3.8, 4) is 0 Å². The zero-order valence-electron chi connectivity index (χ0n) is 58.8. The van der Waals surface area contributed by atoms with Gasteiger partial charge >= 0.3 is 5.97 Å². The second-order valence-electron chi connectivity index (χ2n) is 25.7. The van der Waals surface area contributed by atoms with Crippen LogP contribution in [0.3, 0.4) is 0 Å². The van der Waals surface area contributed by atoms with E-state index >= 15 is 0 Å². The first-order valence-corrected chi connectivity index (χ1v) is 33.1. The second-order valence-corrected chi connectivity index (χ2v) is 25.9. The molecule has 3 unspecified atom stereocenters. The molecule has 3 atom stereocenters. The summed E-state index contributed by atoms with van der Waals surface area (Å²) in [5.41, 5.74) is 0. The number of carboxylic acids is 1. The number of isothiocyanates is 1. The third-order valence-corrected chi connectivity index (χ3v) is 15.8. The van der Waals surface area contributed by atoms with Gasteiger partial charge in [-0.15, -0.1) is 0 Å². The van der Waals surface area contributed by atoms with Crippen LogP contribution in [0.25, 0.3) is 0 Å². The lowest BCUT2D eigenvalue weighted by Gasteiger charge is -2.37. The predicted molar refractivity (Wildman–Crippen MR) is 363 cm³/mol. The maximum Gasteiger partial charge on any atom is 0.322 e. The van der Waals surface area contributed by atoms with Crippen LogP contribution in [0.1, 0.15) is 83.1 Å². The number of aliphatic imine (C=N–C) groups is 2. The molecule has 0 saturated carbocycles. The number of thiocarbonyl (C=S) groups is 1. The fourth-order valence-corrected chi connectivity index (χ4v) is 11.8. The molecule has 0 amide bonds. The Balaban J connectivity index is 0.000000713. The SMILES string of the molecule is CC(=O)CN1CCN(CC(C)=O)CCN(CC(C)=O)C(C(=O)O)CN(CC(C)=O)CC1.CC(=O)CN1CCN(CC(C)=O)CCN(CC(C)=O)C(CN=C=O)CN(CC(C)=O)CC1.CC(=O)CN1CCN(CC(C)=O)CCN(CC(C)=O)C(CN=C=S)CN(CC(C)=O)CC1. The van der Waals surface area contributed by atoms with Gasteiger partial charge in [0.25, 0.3) is 0 Å². The topological polar surface area (TPSA) is 323 Å². The van der Waals surface area contributed by atoms with Crippen molar-refractivity contribution in [1.29, 1.82) is 0 Å². The minimum absolute atomic E-state index is 0.00857. The van der Waals surface area contributed by atoms with E-state index in [9.17, 15) is 72.2 Å². The molecule has 0 radical (unpaired) electrons. The summed E-state index contributed by atoms with van der Waals surface area (Å²) in [4.78, 5) is 196. The second kappa shape index (κ2) is 48.8. The number of carboxylic acid groups (broad SMARTS) is 1. The van der Waals surface area contributed by atoms with Gasteiger partial charge in [0.15, 0.2) is 0 Å². The van der Waals surface area contributed by atoms with Crippen LogP contribution in [-0.2, 0) is 67.1 Å². The van der Waals surface area contributed by atoms with Gasteiger partial charge in [-0.2, -0.15) is 0 Å². The van der Waals surface area contributed by atoms with Gasteiger partial charge in [-0.25, -0.2) is 14.8 Å². The third-order valence-electron chi connectivity index (χ3n) is 15.7. The third kappa shape index (κ3) is 43.2. The van der Waals surface area contributed by atoms with E-state index in [1.54, 1.807) is 50.5 Å². The number of Topliss-reactive ketones (excluding diaryl/α,β-unsaturated/α-hetero) is 12. The summed E-state index contributed by atoms with van der Waals surface area (Å²) in [6.07, 6.45) is 1.57. The van der Waals surface area contributed by atoms with Crippen molar-refractivity contribution in [1.82, 2.24) is 58.8 Å². The number of aliphatic carboxylic acids is 1. The van der Waals surface area contributed by atoms with Gasteiger partial charge in [0.1, 0.15) is 75.4 Å². The Labute approximate surface area is 567 Å². The highest BCUT2D eigenvalue weighted by atomic mass is 32.1. The first kappa shape index (κ1) is 87.2. The van der Waals surface area contributed by atoms with Crippen LogP contribution in [0.5, 0.6) is 0 Å². The molecule has 3 aliphatic heterocycles. The van der Waals surface area contributed by atoms with E-state index in [4.69, 9.17) is 12.2 Å². The molecule has 3 rings (SSSR count). The summed E-state index contributed by atoms with van der Waals surface area (Å²) in [5, 5.41) is 12.3. The van der Waals surface area contributed by atoms with Crippen molar-refractivity contribution >= 4 is 98.8 Å². The van der Waals surface area contributed by atoms with Crippen molar-refractivity contribution in [2.24, 2.45) is 9.98 Å². The van der Waals surface area contributed by atoms with Gasteiger partial charge in [-0.1, -0.05) is 0 Å². The maximum absolute atomic E-state index is 12.1. The lowest BCUT2D eigenvalue weighted by Crippen LogP contribution is -2.55. The Kier molecular flexibility index (Phi) is 44.8. The van der Waals surface area contributed by atoms with Crippen molar-refractivity contribution < 1.29 is 72.2 Å². The zero-order valence-corrected chi connectivity index (χ0v) is 59.6. The summed E-state index contributed by atoms with van der Waals surface area (Å²) < 4.78 is 0. The standard InChI is InChI=1S/C22H37N5O5.C22H37N5O4S.C21H36N4O6/c1-18(29)12-24-5-6-25(13-19(2)30)9-10-27(15-21(4)32)22(11-23-17-28)16-26(8-7-24)14-20(3)31;1-18(28)12-24-5-6-25(13-19(2)29)9-10-27(15-21(4)31)22(11-23-17-32)16-26(8-7-24)14-20(3)30;1-16(26)11-22-5-6-23(12-17(2)27)9-10-25(14-19(4)29)20(21(30)31)15-24(8-7-22)13-18(3)28/h2*22H,5-16H2,1-4H3;20H,5-15H2,1-4H3,(H,30,31). The Hall–Kier alpha value is -5.79. The first-order valence-electron chi connectivity index (χ1n) is 32.6. The van der Waals surface area contributed by atoms with E-state index in [-0.39, 0.29) is 153 Å². The van der Waals surface area contributed by atoms with Crippen molar-refractivity contribution in [3.63, 3.8) is 0 Å². The monoisotopic (exact) mass is 1360 g/mol. The van der Waals surface area contributed by atoms with Gasteiger partial charge in [-0.3, -0.25) is 121 Å². The normalized spacial score (nSPS) is 20.7. The van der Waals surface area contributed by atoms with Crippen molar-refractivity contribution in [2.75, 3.05) is 229 Å². The summed E-state index contributed by atoms with van der Waals surface area (Å²) in [5.74, 6) is -0.952. The largest absolute Gasteiger partial charge is 0.480 e. The number of carbonyl (C=O) groups is 13. The molecule has 29 nitrogen and oxygen atoms in total. The highest BCUT2D eigenvalue weighted by Crippen LogP contribution is 2.13. The molecule has 0 spiro atoms. The van der Waals surface area contributed by atoms with Crippen molar-refractivity contribution in [2.45, 2.75) is 101 Å². The highest BCUT2D eigenvalue weighted by molar-refractivity contribution is 7.78. The number of isocyanates is 1. The highest BCUT2D eigenvalue weighted by Gasteiger charge is 2.32. The Morgan fingerprint density at radius 1 is 0.305 bits per heavy atom. The number of carbonyl (C=O) groups excluding carboxylic acids is 13. The number of rotatable bonds is 29. The zero-order chi connectivity index (χ0) is 71.7. The number of hydrogen-bond acceptors (Lipinski definition) is 29. The fourth-order valence-electron chi connectivity index (χ4n) is 11.7. The molecular weight excluding hydrogens is 1250 g/mol. The Bertz CT molecular complexity index is 2520. The minimum Gasteiger partial charge on any atom is -0.480 e. The van der Waals surface area contributed by atoms with Crippen LogP contribution in [-0.4, -0.2) is 398 Å². The van der Waals surface area contributed by atoms with Gasteiger partial charge in [0.2, 0.25) is 6.08 Å². The van der Waals surface area contributed by atoms with Crippen molar-refractivity contribution in [3.05, 3.63) is 0 Å². The van der Waals surface area contributed by atoms with Gasteiger partial charge < -0.3 is 5.11 Å². The molecule has 0 aromatic rings. The lowest BCUT2D eigenvalue weighted by molar-refractivity contribution is -0.145. The van der Waals surface area contributed by atoms with E-state index < -0.39 is 12.0 Å². The molecular formula is C65H110N14O15S. The minimum atomic E-state index is -1.06. The van der Waals surface area contributed by atoms with Gasteiger partial charge in [-0.05, 0) is 95.3 Å². The number of ketones is 12. The maximum atomic E-state index is 12.1. The Morgan fingerprint density at radius 2 is 0.505 bits per heavy atom. The molecule has 3 aliphatic rings. The van der Waals surface area contributed by atoms with Crippen LogP contribution >= 0.6 is 12.2 Å².